The summed E-state index contributed by atoms with van der Waals surface area (Å²) >= 11 is 0. The van der Waals surface area contributed by atoms with E-state index in [0.717, 1.165) is 11.8 Å². The molecule has 2 fully saturated rings. The molecule has 0 bridgehead atoms. The summed E-state index contributed by atoms with van der Waals surface area (Å²) in [6, 6.07) is 1.21. The van der Waals surface area contributed by atoms with Gasteiger partial charge in [-0.05, 0) is 43.6 Å². The topological polar surface area (TPSA) is 18.5 Å². The molecular formula is C19H38O2Si. The first-order valence-electron chi connectivity index (χ1n) is 10.0. The van der Waals surface area contributed by atoms with E-state index < -0.39 is 9.28 Å². The largest absolute Gasteiger partial charge is 0.400 e. The van der Waals surface area contributed by atoms with E-state index in [9.17, 15) is 0 Å². The van der Waals surface area contributed by atoms with Gasteiger partial charge in [0.1, 0.15) is 0 Å². The number of rotatable bonds is 9. The third-order valence-electron chi connectivity index (χ3n) is 5.84. The summed E-state index contributed by atoms with van der Waals surface area (Å²) in [5.41, 5.74) is 0. The quantitative estimate of drug-likeness (QED) is 0.406. The van der Waals surface area contributed by atoms with Gasteiger partial charge in [-0.2, -0.15) is 0 Å². The summed E-state index contributed by atoms with van der Waals surface area (Å²) in [7, 11) is 0.446. The Morgan fingerprint density at radius 2 is 1.41 bits per heavy atom. The van der Waals surface area contributed by atoms with Crippen LogP contribution in [0.1, 0.15) is 90.4 Å². The van der Waals surface area contributed by atoms with Crippen molar-refractivity contribution in [2.24, 2.45) is 11.8 Å². The van der Waals surface area contributed by atoms with Crippen LogP contribution in [0.4, 0.5) is 0 Å². The fraction of sp³-hybridized carbons (Fsp3) is 1.00. The Morgan fingerprint density at radius 1 is 0.864 bits per heavy atom. The van der Waals surface area contributed by atoms with Crippen LogP contribution in [0.3, 0.4) is 0 Å². The van der Waals surface area contributed by atoms with Crippen molar-refractivity contribution >= 4 is 9.28 Å². The first kappa shape index (κ1) is 18.5. The molecule has 2 nitrogen and oxygen atoms in total. The maximum absolute atomic E-state index is 6.74. The molecule has 0 heterocycles. The molecule has 0 aromatic carbocycles. The van der Waals surface area contributed by atoms with Crippen molar-refractivity contribution in [1.82, 2.24) is 0 Å². The molecule has 22 heavy (non-hydrogen) atoms. The fourth-order valence-corrected chi connectivity index (χ4v) is 6.41. The van der Waals surface area contributed by atoms with Gasteiger partial charge in [0.25, 0.3) is 0 Å². The summed E-state index contributed by atoms with van der Waals surface area (Å²) in [4.78, 5) is 0. The van der Waals surface area contributed by atoms with Crippen molar-refractivity contribution < 1.29 is 8.85 Å². The van der Waals surface area contributed by atoms with Crippen molar-refractivity contribution in [2.45, 2.75) is 103 Å². The van der Waals surface area contributed by atoms with Gasteiger partial charge in [-0.25, -0.2) is 0 Å². The van der Waals surface area contributed by atoms with E-state index >= 15 is 0 Å². The molecule has 0 radical (unpaired) electrons. The second kappa shape index (κ2) is 10.8. The minimum absolute atomic E-state index is 0.527. The summed E-state index contributed by atoms with van der Waals surface area (Å²) in [6.07, 6.45) is 18.6. The zero-order valence-corrected chi connectivity index (χ0v) is 16.2. The zero-order valence-electron chi connectivity index (χ0n) is 15.0. The van der Waals surface area contributed by atoms with E-state index in [1.54, 1.807) is 0 Å². The molecule has 0 aromatic heterocycles. The van der Waals surface area contributed by atoms with E-state index in [4.69, 9.17) is 8.85 Å². The minimum atomic E-state index is -1.44. The molecule has 3 heteroatoms. The maximum Gasteiger partial charge on any atom is 0.321 e. The van der Waals surface area contributed by atoms with Crippen LogP contribution in [0.25, 0.3) is 0 Å². The van der Waals surface area contributed by atoms with E-state index in [2.05, 4.69) is 6.92 Å². The molecule has 1 atom stereocenters. The first-order chi connectivity index (χ1) is 10.8. The molecular weight excluding hydrogens is 288 g/mol. The average molecular weight is 327 g/mol. The molecule has 1 unspecified atom stereocenters. The van der Waals surface area contributed by atoms with Crippen LogP contribution in [-0.2, 0) is 8.85 Å². The Balaban J connectivity index is 1.92. The highest BCUT2D eigenvalue weighted by Crippen LogP contribution is 2.38. The number of hydrogen-bond acceptors (Lipinski definition) is 2. The molecule has 0 aromatic rings. The Morgan fingerprint density at radius 3 is 1.86 bits per heavy atom. The minimum Gasteiger partial charge on any atom is -0.400 e. The van der Waals surface area contributed by atoms with Gasteiger partial charge in [0.15, 0.2) is 0 Å². The highest BCUT2D eigenvalue weighted by atomic mass is 28.3. The SMILES string of the molecule is CCCCC[SiH](OC)OC(C1CCCCC1)C1CCCCC1. The van der Waals surface area contributed by atoms with Gasteiger partial charge in [-0.1, -0.05) is 64.7 Å². The summed E-state index contributed by atoms with van der Waals surface area (Å²) < 4.78 is 12.6. The first-order valence-corrected chi connectivity index (χ1v) is 11.8. The lowest BCUT2D eigenvalue weighted by molar-refractivity contribution is 0.0192. The van der Waals surface area contributed by atoms with Crippen LogP contribution < -0.4 is 0 Å². The van der Waals surface area contributed by atoms with E-state index in [-0.39, 0.29) is 0 Å². The van der Waals surface area contributed by atoms with Crippen molar-refractivity contribution in [3.63, 3.8) is 0 Å². The van der Waals surface area contributed by atoms with Gasteiger partial charge in [0.05, 0.1) is 6.10 Å². The Hall–Kier alpha value is 0.137. The smallest absolute Gasteiger partial charge is 0.321 e. The molecule has 0 spiro atoms. The van der Waals surface area contributed by atoms with Crippen LogP contribution in [-0.4, -0.2) is 22.5 Å². The van der Waals surface area contributed by atoms with Crippen LogP contribution >= 0.6 is 0 Å². The molecule has 0 N–H and O–H groups in total. The highest BCUT2D eigenvalue weighted by Gasteiger charge is 2.34. The van der Waals surface area contributed by atoms with Crippen molar-refractivity contribution in [1.29, 1.82) is 0 Å². The second-order valence-corrected chi connectivity index (χ2v) is 9.74. The third-order valence-corrected chi connectivity index (χ3v) is 7.87. The normalized spacial score (nSPS) is 23.0. The predicted octanol–water partition coefficient (Wildman–Crippen LogP) is 5.59. The fourth-order valence-electron chi connectivity index (χ4n) is 4.51. The number of unbranched alkanes of at least 4 members (excludes halogenated alkanes) is 2. The molecule has 2 aliphatic carbocycles. The molecule has 130 valence electrons. The standard InChI is InChI=1S/C19H38O2Si/c1-3-4-11-16-22(20-2)21-19(17-12-7-5-8-13-17)18-14-9-6-10-15-18/h17-19,22H,3-16H2,1-2H3. The third kappa shape index (κ3) is 5.97. The van der Waals surface area contributed by atoms with Crippen LogP contribution in [0.5, 0.6) is 0 Å². The summed E-state index contributed by atoms with van der Waals surface area (Å²) in [6.45, 7) is 2.27. The summed E-state index contributed by atoms with van der Waals surface area (Å²) in [5, 5.41) is 0. The molecule has 2 saturated carbocycles. The van der Waals surface area contributed by atoms with Crippen molar-refractivity contribution in [3.05, 3.63) is 0 Å². The molecule has 0 saturated heterocycles. The van der Waals surface area contributed by atoms with Gasteiger partial charge in [-0.3, -0.25) is 0 Å². The lowest BCUT2D eigenvalue weighted by Crippen LogP contribution is -2.40. The molecule has 2 rings (SSSR count). The van der Waals surface area contributed by atoms with E-state index in [1.165, 1.54) is 89.5 Å². The highest BCUT2D eigenvalue weighted by molar-refractivity contribution is 6.44. The van der Waals surface area contributed by atoms with Gasteiger partial charge in [-0.15, -0.1) is 0 Å². The lowest BCUT2D eigenvalue weighted by atomic mass is 9.75. The van der Waals surface area contributed by atoms with E-state index in [0.29, 0.717) is 6.10 Å². The number of hydrogen-bond donors (Lipinski definition) is 0. The molecule has 0 aliphatic heterocycles. The molecule has 2 aliphatic rings. The predicted molar refractivity (Wildman–Crippen MR) is 96.5 cm³/mol. The Kier molecular flexibility index (Phi) is 9.09. The zero-order chi connectivity index (χ0) is 15.6. The van der Waals surface area contributed by atoms with Gasteiger partial charge in [0.2, 0.25) is 0 Å². The van der Waals surface area contributed by atoms with Gasteiger partial charge < -0.3 is 8.85 Å². The average Bonchev–Trinajstić information content (AvgIpc) is 2.59. The molecule has 0 amide bonds. The van der Waals surface area contributed by atoms with E-state index in [1.807, 2.05) is 7.11 Å². The lowest BCUT2D eigenvalue weighted by Gasteiger charge is -2.39. The van der Waals surface area contributed by atoms with Gasteiger partial charge >= 0.3 is 9.28 Å². The van der Waals surface area contributed by atoms with Crippen LogP contribution in [0, 0.1) is 11.8 Å². The second-order valence-electron chi connectivity index (χ2n) is 7.56. The Labute approximate surface area is 140 Å². The van der Waals surface area contributed by atoms with Crippen LogP contribution in [0.2, 0.25) is 6.04 Å². The Bertz CT molecular complexity index is 255. The van der Waals surface area contributed by atoms with Gasteiger partial charge in [0, 0.05) is 7.11 Å². The van der Waals surface area contributed by atoms with Crippen LogP contribution in [0.15, 0.2) is 0 Å². The monoisotopic (exact) mass is 326 g/mol. The van der Waals surface area contributed by atoms with Crippen molar-refractivity contribution in [2.75, 3.05) is 7.11 Å². The maximum atomic E-state index is 6.74. The summed E-state index contributed by atoms with van der Waals surface area (Å²) in [5.74, 6) is 1.65. The van der Waals surface area contributed by atoms with Crippen molar-refractivity contribution in [3.8, 4) is 0 Å².